The molecular weight excluding hydrogens is 300 g/mol. The third-order valence-electron chi connectivity index (χ3n) is 3.51. The monoisotopic (exact) mass is 324 g/mol. The van der Waals surface area contributed by atoms with Crippen molar-refractivity contribution in [3.63, 3.8) is 0 Å². The van der Waals surface area contributed by atoms with Crippen molar-refractivity contribution in [2.45, 2.75) is 24.9 Å². The molecule has 2 amide bonds. The lowest BCUT2D eigenvalue weighted by atomic mass is 10.2. The zero-order chi connectivity index (χ0) is 15.8. The zero-order valence-corrected chi connectivity index (χ0v) is 14.0. The molecule has 0 aliphatic carbocycles. The highest BCUT2D eigenvalue weighted by atomic mass is 32.2. The first-order valence-corrected chi connectivity index (χ1v) is 8.63. The number of carbonyl (C=O) groups excluding carboxylic acids is 1. The Hall–Kier alpha value is -1.31. The molecule has 0 spiro atoms. The van der Waals surface area contributed by atoms with Crippen LogP contribution in [-0.4, -0.2) is 60.6 Å². The number of hydrogen-bond donors (Lipinski definition) is 2. The van der Waals surface area contributed by atoms with Crippen molar-refractivity contribution in [1.82, 2.24) is 15.2 Å². The number of carbonyl (C=O) groups is 1. The molecule has 1 unspecified atom stereocenters. The molecule has 1 aliphatic heterocycles. The summed E-state index contributed by atoms with van der Waals surface area (Å²) >= 11 is 1.68. The number of morpholine rings is 1. The summed E-state index contributed by atoms with van der Waals surface area (Å²) in [4.78, 5) is 18.5. The van der Waals surface area contributed by atoms with E-state index in [-0.39, 0.29) is 6.03 Å². The summed E-state index contributed by atoms with van der Waals surface area (Å²) in [5.41, 5.74) is 0.706. The van der Waals surface area contributed by atoms with E-state index in [0.29, 0.717) is 18.3 Å². The van der Waals surface area contributed by atoms with E-state index in [2.05, 4.69) is 34.4 Å². The number of rotatable bonds is 6. The average Bonchev–Trinajstić information content (AvgIpc) is 2.55. The van der Waals surface area contributed by atoms with Crippen LogP contribution in [0.2, 0.25) is 0 Å². The number of anilines is 1. The van der Waals surface area contributed by atoms with Crippen molar-refractivity contribution in [3.8, 4) is 0 Å². The molecule has 0 aromatic carbocycles. The van der Waals surface area contributed by atoms with E-state index in [0.717, 1.165) is 37.1 Å². The van der Waals surface area contributed by atoms with E-state index in [9.17, 15) is 4.79 Å². The quantitative estimate of drug-likeness (QED) is 0.784. The first kappa shape index (κ1) is 17.1. The Morgan fingerprint density at radius 1 is 1.45 bits per heavy atom. The van der Waals surface area contributed by atoms with E-state index in [1.807, 2.05) is 12.1 Å². The Morgan fingerprint density at radius 2 is 2.23 bits per heavy atom. The van der Waals surface area contributed by atoms with Crippen molar-refractivity contribution in [2.24, 2.45) is 0 Å². The van der Waals surface area contributed by atoms with Gasteiger partial charge in [0.1, 0.15) is 0 Å². The molecule has 1 saturated heterocycles. The van der Waals surface area contributed by atoms with Gasteiger partial charge in [-0.15, -0.1) is 11.8 Å². The van der Waals surface area contributed by atoms with Crippen molar-refractivity contribution < 1.29 is 9.53 Å². The Balaban J connectivity index is 1.72. The Bertz CT molecular complexity index is 463. The number of aromatic nitrogens is 1. The number of ether oxygens (including phenoxy) is 1. The Morgan fingerprint density at radius 3 is 2.86 bits per heavy atom. The average molecular weight is 324 g/mol. The number of thioether (sulfide) groups is 1. The molecule has 2 rings (SSSR count). The fourth-order valence-electron chi connectivity index (χ4n) is 2.25. The van der Waals surface area contributed by atoms with Crippen LogP contribution in [-0.2, 0) is 4.74 Å². The van der Waals surface area contributed by atoms with Crippen LogP contribution in [0.25, 0.3) is 0 Å². The second kappa shape index (κ2) is 8.97. The van der Waals surface area contributed by atoms with Crippen LogP contribution in [0.4, 0.5) is 10.5 Å². The molecular formula is C15H24N4O2S. The summed E-state index contributed by atoms with van der Waals surface area (Å²) in [6.45, 7) is 8.19. The highest BCUT2D eigenvalue weighted by molar-refractivity contribution is 7.99. The second-order valence-corrected chi connectivity index (χ2v) is 6.43. The number of urea groups is 1. The third-order valence-corrected chi connectivity index (χ3v) is 4.34. The zero-order valence-electron chi connectivity index (χ0n) is 13.2. The lowest BCUT2D eigenvalue weighted by Crippen LogP contribution is -2.47. The summed E-state index contributed by atoms with van der Waals surface area (Å²) in [5.74, 6) is 0.986. The Kier molecular flexibility index (Phi) is 6.95. The minimum absolute atomic E-state index is 0.196. The van der Waals surface area contributed by atoms with E-state index < -0.39 is 0 Å². The second-order valence-electron chi connectivity index (χ2n) is 5.15. The number of amides is 2. The van der Waals surface area contributed by atoms with Crippen LogP contribution in [0.5, 0.6) is 0 Å². The summed E-state index contributed by atoms with van der Waals surface area (Å²) in [7, 11) is 0. The predicted octanol–water partition coefficient (Wildman–Crippen LogP) is 2.04. The normalized spacial score (nSPS) is 17.0. The molecule has 1 aromatic heterocycles. The standard InChI is InChI=1S/C15H24N4O2S/c1-3-22-14-5-4-13(11-16-14)18-15(20)17-10-12(2)19-6-8-21-9-7-19/h4-5,11-12H,3,6-10H2,1-2H3,(H2,17,18,20). The van der Waals surface area contributed by atoms with Gasteiger partial charge in [0.25, 0.3) is 0 Å². The molecule has 122 valence electrons. The maximum Gasteiger partial charge on any atom is 0.319 e. The maximum absolute atomic E-state index is 11.9. The van der Waals surface area contributed by atoms with E-state index in [4.69, 9.17) is 4.74 Å². The third kappa shape index (κ3) is 5.47. The van der Waals surface area contributed by atoms with Gasteiger partial charge in [0, 0.05) is 25.7 Å². The number of nitrogens with one attached hydrogen (secondary N) is 2. The molecule has 0 saturated carbocycles. The van der Waals surface area contributed by atoms with Gasteiger partial charge in [-0.05, 0) is 24.8 Å². The van der Waals surface area contributed by atoms with Crippen LogP contribution in [0.1, 0.15) is 13.8 Å². The smallest absolute Gasteiger partial charge is 0.319 e. The minimum Gasteiger partial charge on any atom is -0.379 e. The summed E-state index contributed by atoms with van der Waals surface area (Å²) in [6.07, 6.45) is 1.68. The van der Waals surface area contributed by atoms with Crippen LogP contribution in [0.15, 0.2) is 23.4 Å². The van der Waals surface area contributed by atoms with E-state index in [1.165, 1.54) is 0 Å². The van der Waals surface area contributed by atoms with E-state index in [1.54, 1.807) is 18.0 Å². The first-order valence-electron chi connectivity index (χ1n) is 7.64. The summed E-state index contributed by atoms with van der Waals surface area (Å²) in [6, 6.07) is 3.89. The van der Waals surface area contributed by atoms with Gasteiger partial charge >= 0.3 is 6.03 Å². The van der Waals surface area contributed by atoms with E-state index >= 15 is 0 Å². The van der Waals surface area contributed by atoms with Gasteiger partial charge in [0.15, 0.2) is 0 Å². The summed E-state index contributed by atoms with van der Waals surface area (Å²) in [5, 5.41) is 6.67. The molecule has 1 aliphatic rings. The van der Waals surface area contributed by atoms with Gasteiger partial charge in [-0.1, -0.05) is 6.92 Å². The minimum atomic E-state index is -0.196. The molecule has 1 atom stereocenters. The topological polar surface area (TPSA) is 66.5 Å². The fraction of sp³-hybridized carbons (Fsp3) is 0.600. The highest BCUT2D eigenvalue weighted by Crippen LogP contribution is 2.16. The number of hydrogen-bond acceptors (Lipinski definition) is 5. The predicted molar refractivity (Wildman–Crippen MR) is 89.5 cm³/mol. The van der Waals surface area contributed by atoms with Gasteiger partial charge < -0.3 is 15.4 Å². The van der Waals surface area contributed by atoms with Crippen molar-refractivity contribution in [2.75, 3.05) is 43.9 Å². The van der Waals surface area contributed by atoms with Crippen LogP contribution in [0, 0.1) is 0 Å². The van der Waals surface area contributed by atoms with Gasteiger partial charge in [-0.2, -0.15) is 0 Å². The van der Waals surface area contributed by atoms with Crippen molar-refractivity contribution >= 4 is 23.5 Å². The lowest BCUT2D eigenvalue weighted by Gasteiger charge is -2.32. The molecule has 22 heavy (non-hydrogen) atoms. The molecule has 6 nitrogen and oxygen atoms in total. The highest BCUT2D eigenvalue weighted by Gasteiger charge is 2.17. The van der Waals surface area contributed by atoms with Gasteiger partial charge in [-0.25, -0.2) is 9.78 Å². The molecule has 1 aromatic rings. The Labute approximate surface area is 136 Å². The van der Waals surface area contributed by atoms with Gasteiger partial charge in [0.05, 0.1) is 30.1 Å². The number of pyridine rings is 1. The van der Waals surface area contributed by atoms with Crippen LogP contribution in [0.3, 0.4) is 0 Å². The fourth-order valence-corrected chi connectivity index (χ4v) is 2.84. The first-order chi connectivity index (χ1) is 10.7. The molecule has 2 N–H and O–H groups in total. The largest absolute Gasteiger partial charge is 0.379 e. The maximum atomic E-state index is 11.9. The molecule has 0 radical (unpaired) electrons. The van der Waals surface area contributed by atoms with Crippen LogP contribution < -0.4 is 10.6 Å². The molecule has 0 bridgehead atoms. The van der Waals surface area contributed by atoms with Crippen molar-refractivity contribution in [3.05, 3.63) is 18.3 Å². The SMILES string of the molecule is CCSc1ccc(NC(=O)NCC(C)N2CCOCC2)cn1. The molecule has 1 fully saturated rings. The van der Waals surface area contributed by atoms with Crippen molar-refractivity contribution in [1.29, 1.82) is 0 Å². The van der Waals surface area contributed by atoms with Crippen LogP contribution >= 0.6 is 11.8 Å². The van der Waals surface area contributed by atoms with Gasteiger partial charge in [0.2, 0.25) is 0 Å². The molecule has 2 heterocycles. The summed E-state index contributed by atoms with van der Waals surface area (Å²) < 4.78 is 5.33. The number of nitrogens with zero attached hydrogens (tertiary/aromatic N) is 2. The molecule has 7 heteroatoms. The lowest BCUT2D eigenvalue weighted by molar-refractivity contribution is 0.0209. The van der Waals surface area contributed by atoms with Gasteiger partial charge in [-0.3, -0.25) is 4.90 Å².